The van der Waals surface area contributed by atoms with Crippen LogP contribution in [0.2, 0.25) is 0 Å². The number of carbonyl (C=O) groups excluding carboxylic acids is 1. The Hall–Kier alpha value is -5.60. The van der Waals surface area contributed by atoms with Crippen LogP contribution in [0.1, 0.15) is 16.7 Å². The second-order valence-corrected chi connectivity index (χ2v) is 9.68. The lowest BCUT2D eigenvalue weighted by atomic mass is 10.1. The van der Waals surface area contributed by atoms with E-state index in [2.05, 4.69) is 10.6 Å². The second kappa shape index (κ2) is 12.2. The molecule has 5 N–H and O–H groups in total. The molecule has 0 fully saturated rings. The number of urea groups is 1. The topological polar surface area (TPSA) is 138 Å². The van der Waals surface area contributed by atoms with Crippen molar-refractivity contribution < 1.29 is 41.0 Å². The molecule has 45 heavy (non-hydrogen) atoms. The number of rotatable bonds is 9. The van der Waals surface area contributed by atoms with E-state index < -0.39 is 29.3 Å². The summed E-state index contributed by atoms with van der Waals surface area (Å²) in [5.41, 5.74) is 5.35. The van der Waals surface area contributed by atoms with Gasteiger partial charge >= 0.3 is 12.2 Å². The summed E-state index contributed by atoms with van der Waals surface area (Å²) in [5, 5.41) is 15.1. The van der Waals surface area contributed by atoms with Gasteiger partial charge in [0.15, 0.2) is 5.88 Å². The Bertz CT molecular complexity index is 1720. The van der Waals surface area contributed by atoms with Gasteiger partial charge in [-0.05, 0) is 42.5 Å². The summed E-state index contributed by atoms with van der Waals surface area (Å²) in [4.78, 5) is 14.5. The molecule has 0 atom stereocenters. The number of anilines is 5. The standard InChI is InChI=1S/C30H28F4N6O5/c1-42-19-11-24(43-2)21(25(12-19)44-3)14-37-26-13-20-27(35)39(15-38-28(20)45-26)17-5-7-18(8-6-17)40(29(36)41)23-10-16(30(32,33)34)4-9-22(23)31/h4-13,35,37-38H,14-15H2,1-3H3,(H2,36,41). The number of hydrogen-bond acceptors (Lipinski definition) is 8. The van der Waals surface area contributed by atoms with Gasteiger partial charge in [-0.15, -0.1) is 0 Å². The second-order valence-electron chi connectivity index (χ2n) is 9.68. The Balaban J connectivity index is 1.35. The molecule has 0 saturated heterocycles. The first-order chi connectivity index (χ1) is 21.4. The number of hydrogen-bond donors (Lipinski definition) is 4. The van der Waals surface area contributed by atoms with Crippen LogP contribution in [0.4, 0.5) is 51.2 Å². The van der Waals surface area contributed by atoms with Crippen LogP contribution in [0, 0.1) is 11.2 Å². The Morgan fingerprint density at radius 2 is 1.71 bits per heavy atom. The van der Waals surface area contributed by atoms with Gasteiger partial charge in [0.05, 0.1) is 62.6 Å². The monoisotopic (exact) mass is 628 g/mol. The fourth-order valence-corrected chi connectivity index (χ4v) is 4.84. The molecule has 5 rings (SSSR count). The highest BCUT2D eigenvalue weighted by Gasteiger charge is 2.33. The third-order valence-corrected chi connectivity index (χ3v) is 7.07. The minimum Gasteiger partial charge on any atom is -0.496 e. The van der Waals surface area contributed by atoms with Gasteiger partial charge in [-0.2, -0.15) is 13.2 Å². The molecule has 236 valence electrons. The van der Waals surface area contributed by atoms with Gasteiger partial charge in [-0.1, -0.05) is 0 Å². The quantitative estimate of drug-likeness (QED) is 0.154. The van der Waals surface area contributed by atoms with Gasteiger partial charge in [-0.3, -0.25) is 10.3 Å². The average Bonchev–Trinajstić information content (AvgIpc) is 3.44. The lowest BCUT2D eigenvalue weighted by molar-refractivity contribution is -0.137. The van der Waals surface area contributed by atoms with Crippen LogP contribution in [0.5, 0.6) is 17.2 Å². The minimum atomic E-state index is -4.76. The zero-order chi connectivity index (χ0) is 32.5. The third-order valence-electron chi connectivity index (χ3n) is 7.07. The van der Waals surface area contributed by atoms with Crippen LogP contribution in [0.3, 0.4) is 0 Å². The van der Waals surface area contributed by atoms with Crippen LogP contribution >= 0.6 is 0 Å². The third kappa shape index (κ3) is 6.09. The number of nitrogens with zero attached hydrogens (tertiary/aromatic N) is 2. The Morgan fingerprint density at radius 3 is 2.29 bits per heavy atom. The highest BCUT2D eigenvalue weighted by Crippen LogP contribution is 2.38. The van der Waals surface area contributed by atoms with E-state index >= 15 is 0 Å². The van der Waals surface area contributed by atoms with Gasteiger partial charge in [0.2, 0.25) is 5.88 Å². The number of amidine groups is 1. The summed E-state index contributed by atoms with van der Waals surface area (Å²) in [6.45, 7) is 0.407. The highest BCUT2D eigenvalue weighted by atomic mass is 19.4. The number of amides is 2. The maximum absolute atomic E-state index is 14.6. The molecule has 11 nitrogen and oxygen atoms in total. The SMILES string of the molecule is COc1cc(OC)c(CNc2cc3c(o2)NCN(c2ccc(N(C(N)=O)c4cc(C(F)(F)F)ccc4F)cc2)C3=N)c(OC)c1. The van der Waals surface area contributed by atoms with E-state index in [0.717, 1.165) is 5.56 Å². The average molecular weight is 629 g/mol. The Morgan fingerprint density at radius 1 is 1.04 bits per heavy atom. The van der Waals surface area contributed by atoms with Crippen LogP contribution in [0.15, 0.2) is 65.1 Å². The van der Waals surface area contributed by atoms with E-state index in [1.807, 2.05) is 0 Å². The molecule has 15 heteroatoms. The molecule has 2 heterocycles. The van der Waals surface area contributed by atoms with Crippen molar-refractivity contribution in [3.05, 3.63) is 83.2 Å². The number of nitrogens with two attached hydrogens (primary N) is 1. The number of nitrogens with one attached hydrogen (secondary N) is 3. The summed E-state index contributed by atoms with van der Waals surface area (Å²) in [6, 6.07) is 11.5. The predicted octanol–water partition coefficient (Wildman–Crippen LogP) is 6.51. The van der Waals surface area contributed by atoms with E-state index in [0.29, 0.717) is 63.4 Å². The first-order valence-electron chi connectivity index (χ1n) is 13.3. The largest absolute Gasteiger partial charge is 0.496 e. The van der Waals surface area contributed by atoms with E-state index in [1.165, 1.54) is 45.6 Å². The van der Waals surface area contributed by atoms with Gasteiger partial charge in [0.1, 0.15) is 28.9 Å². The zero-order valence-electron chi connectivity index (χ0n) is 24.2. The van der Waals surface area contributed by atoms with Crippen molar-refractivity contribution in [2.24, 2.45) is 5.73 Å². The first-order valence-corrected chi connectivity index (χ1v) is 13.3. The van der Waals surface area contributed by atoms with Gasteiger partial charge in [-0.25, -0.2) is 9.18 Å². The number of fused-ring (bicyclic) bond motifs is 1. The molecule has 4 aromatic rings. The molecule has 0 radical (unpaired) electrons. The van der Waals surface area contributed by atoms with Crippen LogP contribution in [-0.4, -0.2) is 39.9 Å². The van der Waals surface area contributed by atoms with Gasteiger partial charge in [0, 0.05) is 23.9 Å². The minimum absolute atomic E-state index is 0.0286. The number of ether oxygens (including phenoxy) is 3. The lowest BCUT2D eigenvalue weighted by Gasteiger charge is -2.30. The maximum atomic E-state index is 14.6. The lowest BCUT2D eigenvalue weighted by Crippen LogP contribution is -2.39. The van der Waals surface area contributed by atoms with Crippen LogP contribution < -0.4 is 40.4 Å². The van der Waals surface area contributed by atoms with E-state index in [-0.39, 0.29) is 24.7 Å². The fourth-order valence-electron chi connectivity index (χ4n) is 4.84. The first kappa shape index (κ1) is 30.8. The summed E-state index contributed by atoms with van der Waals surface area (Å²) >= 11 is 0. The number of primary amides is 1. The molecule has 1 aliphatic heterocycles. The van der Waals surface area contributed by atoms with Crippen LogP contribution in [0.25, 0.3) is 0 Å². The molecule has 1 aromatic heterocycles. The smallest absolute Gasteiger partial charge is 0.416 e. The van der Waals surface area contributed by atoms with Gasteiger partial charge < -0.3 is 39.9 Å². The number of benzene rings is 3. The molecule has 0 unspecified atom stereocenters. The molecular formula is C30H28F4N6O5. The molecule has 2 amide bonds. The molecule has 0 saturated carbocycles. The summed E-state index contributed by atoms with van der Waals surface area (Å²) in [6.07, 6.45) is -4.76. The molecule has 1 aliphatic rings. The fraction of sp³-hybridized carbons (Fsp3) is 0.200. The van der Waals surface area contributed by atoms with Crippen LogP contribution in [-0.2, 0) is 12.7 Å². The summed E-state index contributed by atoms with van der Waals surface area (Å²) in [5.74, 6) is 1.41. The molecule has 0 aliphatic carbocycles. The molecule has 3 aromatic carbocycles. The Labute approximate surface area is 254 Å². The number of carbonyl (C=O) groups is 1. The van der Waals surface area contributed by atoms with E-state index in [1.54, 1.807) is 23.1 Å². The van der Waals surface area contributed by atoms with Crippen molar-refractivity contribution >= 4 is 40.7 Å². The number of methoxy groups -OCH3 is 3. The summed E-state index contributed by atoms with van der Waals surface area (Å²) < 4.78 is 76.5. The van der Waals surface area contributed by atoms with Gasteiger partial charge in [0.25, 0.3) is 0 Å². The van der Waals surface area contributed by atoms with Crippen molar-refractivity contribution in [3.63, 3.8) is 0 Å². The zero-order valence-corrected chi connectivity index (χ0v) is 24.2. The van der Waals surface area contributed by atoms with Crippen molar-refractivity contribution in [1.29, 1.82) is 5.41 Å². The number of alkyl halides is 3. The summed E-state index contributed by atoms with van der Waals surface area (Å²) in [7, 11) is 4.60. The molecule has 0 bridgehead atoms. The van der Waals surface area contributed by atoms with E-state index in [9.17, 15) is 22.4 Å². The van der Waals surface area contributed by atoms with Crippen molar-refractivity contribution in [2.45, 2.75) is 12.7 Å². The van der Waals surface area contributed by atoms with E-state index in [4.69, 9.17) is 29.8 Å². The number of furan rings is 1. The van der Waals surface area contributed by atoms with Crippen molar-refractivity contribution in [3.8, 4) is 17.2 Å². The Kier molecular flexibility index (Phi) is 8.35. The van der Waals surface area contributed by atoms with Crippen molar-refractivity contribution in [2.75, 3.05) is 48.4 Å². The normalized spacial score (nSPS) is 12.7. The highest BCUT2D eigenvalue weighted by molar-refractivity contribution is 6.13. The number of halogens is 4. The molecule has 0 spiro atoms. The maximum Gasteiger partial charge on any atom is 0.416 e. The molecular weight excluding hydrogens is 600 g/mol. The predicted molar refractivity (Wildman–Crippen MR) is 159 cm³/mol. The van der Waals surface area contributed by atoms with Crippen molar-refractivity contribution in [1.82, 2.24) is 0 Å².